The van der Waals surface area contributed by atoms with Crippen molar-refractivity contribution in [3.8, 4) is 0 Å². The summed E-state index contributed by atoms with van der Waals surface area (Å²) in [7, 11) is 0. The van der Waals surface area contributed by atoms with Crippen molar-refractivity contribution in [1.29, 1.82) is 0 Å². The molecule has 3 N–H and O–H groups in total. The van der Waals surface area contributed by atoms with E-state index in [4.69, 9.17) is 5.11 Å². The molecule has 0 bridgehead atoms. The number of rotatable bonds is 5. The number of hydrogen-bond acceptors (Lipinski definition) is 2. The summed E-state index contributed by atoms with van der Waals surface area (Å²) in [6, 6.07) is 2.04. The zero-order valence-corrected chi connectivity index (χ0v) is 8.30. The molecule has 1 rings (SSSR count). The van der Waals surface area contributed by atoms with Gasteiger partial charge in [0.25, 0.3) is 0 Å². The van der Waals surface area contributed by atoms with E-state index >= 15 is 0 Å². The van der Waals surface area contributed by atoms with Gasteiger partial charge in [0.15, 0.2) is 0 Å². The normalized spacial score (nSPS) is 11.9. The minimum absolute atomic E-state index is 0.0314. The van der Waals surface area contributed by atoms with Gasteiger partial charge in [0.1, 0.15) is 0 Å². The number of aliphatic hydroxyl groups excluding tert-OH is 1. The lowest BCUT2D eigenvalue weighted by Gasteiger charge is -2.21. The van der Waals surface area contributed by atoms with E-state index in [1.54, 1.807) is 0 Å². The van der Waals surface area contributed by atoms with E-state index in [2.05, 4.69) is 10.3 Å². The van der Waals surface area contributed by atoms with E-state index in [1.807, 2.05) is 32.3 Å². The molecule has 0 aliphatic carbocycles. The van der Waals surface area contributed by atoms with Crippen LogP contribution in [0.5, 0.6) is 0 Å². The third kappa shape index (κ3) is 3.61. The largest absolute Gasteiger partial charge is 0.396 e. The Balaban J connectivity index is 2.21. The Bertz CT molecular complexity index is 229. The molecule has 0 spiro atoms. The van der Waals surface area contributed by atoms with Crippen molar-refractivity contribution in [2.45, 2.75) is 20.4 Å². The maximum Gasteiger partial charge on any atom is 0.0494 e. The average molecular weight is 182 g/mol. The van der Waals surface area contributed by atoms with Gasteiger partial charge in [-0.25, -0.2) is 0 Å². The minimum atomic E-state index is -0.0314. The highest BCUT2D eigenvalue weighted by Gasteiger charge is 2.15. The summed E-state index contributed by atoms with van der Waals surface area (Å²) in [6.45, 7) is 5.98. The lowest BCUT2D eigenvalue weighted by atomic mass is 9.95. The first-order chi connectivity index (χ1) is 6.14. The molecule has 0 radical (unpaired) electrons. The van der Waals surface area contributed by atoms with Gasteiger partial charge in [0, 0.05) is 37.5 Å². The van der Waals surface area contributed by atoms with Gasteiger partial charge in [-0.3, -0.25) is 0 Å². The molecule has 0 atom stereocenters. The maximum absolute atomic E-state index is 9.01. The van der Waals surface area contributed by atoms with Crippen LogP contribution in [0.2, 0.25) is 0 Å². The Morgan fingerprint density at radius 1 is 1.54 bits per heavy atom. The highest BCUT2D eigenvalue weighted by Crippen LogP contribution is 2.11. The first kappa shape index (κ1) is 10.3. The molecule has 0 saturated carbocycles. The van der Waals surface area contributed by atoms with E-state index in [0.29, 0.717) is 0 Å². The van der Waals surface area contributed by atoms with Gasteiger partial charge in [-0.15, -0.1) is 0 Å². The highest BCUT2D eigenvalue weighted by atomic mass is 16.3. The lowest BCUT2D eigenvalue weighted by molar-refractivity contribution is 0.156. The van der Waals surface area contributed by atoms with Gasteiger partial charge in [-0.2, -0.15) is 0 Å². The fourth-order valence-corrected chi connectivity index (χ4v) is 1.07. The van der Waals surface area contributed by atoms with Crippen molar-refractivity contribution in [3.05, 3.63) is 24.0 Å². The van der Waals surface area contributed by atoms with Crippen molar-refractivity contribution in [3.63, 3.8) is 0 Å². The van der Waals surface area contributed by atoms with Gasteiger partial charge in [-0.1, -0.05) is 13.8 Å². The standard InChI is InChI=1S/C10H18N2O/c1-10(2,8-13)7-12-6-9-3-4-11-5-9/h3-5,11-13H,6-8H2,1-2H3. The summed E-state index contributed by atoms with van der Waals surface area (Å²) in [6.07, 6.45) is 3.88. The van der Waals surface area contributed by atoms with Crippen molar-refractivity contribution in [2.24, 2.45) is 5.41 Å². The van der Waals surface area contributed by atoms with Crippen LogP contribution in [0, 0.1) is 5.41 Å². The lowest BCUT2D eigenvalue weighted by Crippen LogP contribution is -2.31. The number of aromatic amines is 1. The van der Waals surface area contributed by atoms with Crippen LogP contribution in [0.25, 0.3) is 0 Å². The van der Waals surface area contributed by atoms with Crippen LogP contribution >= 0.6 is 0 Å². The quantitative estimate of drug-likeness (QED) is 0.639. The van der Waals surface area contributed by atoms with Gasteiger partial charge in [0.05, 0.1) is 0 Å². The first-order valence-corrected chi connectivity index (χ1v) is 4.57. The predicted octanol–water partition coefficient (Wildman–Crippen LogP) is 1.12. The fraction of sp³-hybridized carbons (Fsp3) is 0.600. The second kappa shape index (κ2) is 4.44. The third-order valence-corrected chi connectivity index (χ3v) is 2.02. The third-order valence-electron chi connectivity index (χ3n) is 2.02. The Kier molecular flexibility index (Phi) is 3.51. The zero-order valence-electron chi connectivity index (χ0n) is 8.30. The van der Waals surface area contributed by atoms with Crippen molar-refractivity contribution < 1.29 is 5.11 Å². The summed E-state index contributed by atoms with van der Waals surface area (Å²) in [5, 5.41) is 12.3. The summed E-state index contributed by atoms with van der Waals surface area (Å²) in [4.78, 5) is 3.00. The number of nitrogens with one attached hydrogen (secondary N) is 2. The Morgan fingerprint density at radius 3 is 2.85 bits per heavy atom. The van der Waals surface area contributed by atoms with E-state index in [9.17, 15) is 0 Å². The van der Waals surface area contributed by atoms with Crippen LogP contribution in [0.4, 0.5) is 0 Å². The molecular formula is C10H18N2O. The van der Waals surface area contributed by atoms with Crippen LogP contribution in [0.1, 0.15) is 19.4 Å². The van der Waals surface area contributed by atoms with Gasteiger partial charge < -0.3 is 15.4 Å². The zero-order chi connectivity index (χ0) is 9.73. The van der Waals surface area contributed by atoms with Crippen molar-refractivity contribution >= 4 is 0 Å². The van der Waals surface area contributed by atoms with Gasteiger partial charge >= 0.3 is 0 Å². The predicted molar refractivity (Wildman–Crippen MR) is 53.4 cm³/mol. The van der Waals surface area contributed by atoms with Gasteiger partial charge in [0.2, 0.25) is 0 Å². The highest BCUT2D eigenvalue weighted by molar-refractivity contribution is 5.07. The second-order valence-corrected chi connectivity index (χ2v) is 4.15. The van der Waals surface area contributed by atoms with Crippen molar-refractivity contribution in [1.82, 2.24) is 10.3 Å². The topological polar surface area (TPSA) is 48.0 Å². The molecule has 0 fully saturated rings. The molecule has 0 saturated heterocycles. The van der Waals surface area contributed by atoms with Gasteiger partial charge in [-0.05, 0) is 11.6 Å². The Hall–Kier alpha value is -0.800. The Morgan fingerprint density at radius 2 is 2.31 bits per heavy atom. The molecular weight excluding hydrogens is 164 g/mol. The summed E-state index contributed by atoms with van der Waals surface area (Å²) >= 11 is 0. The summed E-state index contributed by atoms with van der Waals surface area (Å²) in [5.74, 6) is 0. The number of H-pyrrole nitrogens is 1. The van der Waals surface area contributed by atoms with Crippen molar-refractivity contribution in [2.75, 3.05) is 13.2 Å². The number of hydrogen-bond donors (Lipinski definition) is 3. The molecule has 1 aromatic rings. The smallest absolute Gasteiger partial charge is 0.0494 e. The molecule has 1 heterocycles. The molecule has 0 aliphatic rings. The molecule has 74 valence electrons. The SMILES string of the molecule is CC(C)(CO)CNCc1cc[nH]c1. The maximum atomic E-state index is 9.01. The van der Waals surface area contributed by atoms with Crippen LogP contribution in [0.15, 0.2) is 18.5 Å². The fourth-order valence-electron chi connectivity index (χ4n) is 1.07. The molecule has 0 amide bonds. The number of aromatic nitrogens is 1. The monoisotopic (exact) mass is 182 g/mol. The minimum Gasteiger partial charge on any atom is -0.396 e. The molecule has 13 heavy (non-hydrogen) atoms. The average Bonchev–Trinajstić information content (AvgIpc) is 2.57. The summed E-state index contributed by atoms with van der Waals surface area (Å²) in [5.41, 5.74) is 1.21. The first-order valence-electron chi connectivity index (χ1n) is 4.57. The van der Waals surface area contributed by atoms with Crippen LogP contribution < -0.4 is 5.32 Å². The molecule has 3 nitrogen and oxygen atoms in total. The van der Waals surface area contributed by atoms with E-state index < -0.39 is 0 Å². The Labute approximate surface area is 79.2 Å². The molecule has 3 heteroatoms. The molecule has 0 aromatic carbocycles. The van der Waals surface area contributed by atoms with Crippen LogP contribution in [-0.4, -0.2) is 23.2 Å². The molecule has 1 aromatic heterocycles. The van der Waals surface area contributed by atoms with Crippen LogP contribution in [-0.2, 0) is 6.54 Å². The van der Waals surface area contributed by atoms with E-state index in [1.165, 1.54) is 5.56 Å². The second-order valence-electron chi connectivity index (χ2n) is 4.15. The van der Waals surface area contributed by atoms with E-state index in [-0.39, 0.29) is 12.0 Å². The van der Waals surface area contributed by atoms with Crippen LogP contribution in [0.3, 0.4) is 0 Å². The van der Waals surface area contributed by atoms with E-state index in [0.717, 1.165) is 13.1 Å². The molecule has 0 aliphatic heterocycles. The number of aliphatic hydroxyl groups is 1. The summed E-state index contributed by atoms with van der Waals surface area (Å²) < 4.78 is 0. The molecule has 0 unspecified atom stereocenters.